The normalized spacial score (nSPS) is 11.8. The number of nitrogens with zero attached hydrogens (tertiary/aromatic N) is 2. The first-order valence-electron chi connectivity index (χ1n) is 8.46. The molecule has 0 saturated heterocycles. The second-order valence-electron chi connectivity index (χ2n) is 5.95. The Morgan fingerprint density at radius 2 is 1.28 bits per heavy atom. The molecule has 0 heterocycles. The zero-order chi connectivity index (χ0) is 22.5. The van der Waals surface area contributed by atoms with Crippen LogP contribution in [0, 0.1) is 10.7 Å². The molecule has 4 N–H and O–H groups in total. The molecule has 0 aliphatic heterocycles. The molecule has 9 nitrogen and oxygen atoms in total. The van der Waals surface area contributed by atoms with Crippen LogP contribution >= 0.6 is 67.8 Å². The van der Waals surface area contributed by atoms with E-state index in [2.05, 4.69) is 5.32 Å². The number of nitrogens with one attached hydrogen (secondary N) is 1. The highest BCUT2D eigenvalue weighted by molar-refractivity contribution is 14.1. The minimum absolute atomic E-state index is 0.00109. The van der Waals surface area contributed by atoms with Crippen LogP contribution in [0.5, 0.6) is 0 Å². The van der Waals surface area contributed by atoms with Gasteiger partial charge < -0.3 is 30.4 Å². The molecule has 1 unspecified atom stereocenters. The Morgan fingerprint density at radius 1 is 0.897 bits per heavy atom. The molecule has 162 valence electrons. The Bertz CT molecular complexity index is 752. The van der Waals surface area contributed by atoms with E-state index in [1.165, 1.54) is 30.6 Å². The number of carbonyl (C=O) groups excluding carboxylic acids is 3. The summed E-state index contributed by atoms with van der Waals surface area (Å²) in [6.45, 7) is 3.48. The van der Waals surface area contributed by atoms with E-state index in [4.69, 9.17) is 0 Å². The number of hydrogen-bond acceptors (Lipinski definition) is 6. The minimum atomic E-state index is -1.11. The fraction of sp³-hybridized carbons (Fsp3) is 0.471. The van der Waals surface area contributed by atoms with Crippen LogP contribution in [0.4, 0.5) is 11.4 Å². The summed E-state index contributed by atoms with van der Waals surface area (Å²) in [6, 6.07) is 0. The van der Waals surface area contributed by atoms with Crippen molar-refractivity contribution >= 4 is 96.9 Å². The second-order valence-corrected chi connectivity index (χ2v) is 9.19. The van der Waals surface area contributed by atoms with Gasteiger partial charge in [0.25, 0.3) is 5.91 Å². The van der Waals surface area contributed by atoms with E-state index in [0.29, 0.717) is 22.1 Å². The molecule has 29 heavy (non-hydrogen) atoms. The van der Waals surface area contributed by atoms with Gasteiger partial charge in [-0.1, -0.05) is 0 Å². The lowest BCUT2D eigenvalue weighted by Crippen LogP contribution is -2.38. The van der Waals surface area contributed by atoms with Gasteiger partial charge >= 0.3 is 0 Å². The predicted molar refractivity (Wildman–Crippen MR) is 134 cm³/mol. The molecule has 1 aromatic carbocycles. The van der Waals surface area contributed by atoms with Gasteiger partial charge in [0.15, 0.2) is 0 Å². The zero-order valence-corrected chi connectivity index (χ0v) is 22.5. The molecule has 3 amide bonds. The molecule has 0 saturated carbocycles. The third kappa shape index (κ3) is 6.34. The summed E-state index contributed by atoms with van der Waals surface area (Å²) in [5.41, 5.74) is 0.942. The highest BCUT2D eigenvalue weighted by atomic mass is 127. The summed E-state index contributed by atoms with van der Waals surface area (Å²) in [5, 5.41) is 30.8. The fourth-order valence-corrected chi connectivity index (χ4v) is 7.45. The van der Waals surface area contributed by atoms with Gasteiger partial charge in [0.05, 0.1) is 40.9 Å². The summed E-state index contributed by atoms with van der Waals surface area (Å²) >= 11 is 5.87. The lowest BCUT2D eigenvalue weighted by molar-refractivity contribution is -0.117. The van der Waals surface area contributed by atoms with E-state index in [9.17, 15) is 29.7 Å². The van der Waals surface area contributed by atoms with Gasteiger partial charge in [-0.05, 0) is 74.7 Å². The van der Waals surface area contributed by atoms with Gasteiger partial charge in [0.2, 0.25) is 11.8 Å². The van der Waals surface area contributed by atoms with Crippen LogP contribution in [0.3, 0.4) is 0 Å². The molecular formula is C17H22I3N3O6. The maximum atomic E-state index is 12.8. The first kappa shape index (κ1) is 26.7. The van der Waals surface area contributed by atoms with Crippen molar-refractivity contribution in [2.45, 2.75) is 27.0 Å². The molecule has 0 aliphatic carbocycles. The van der Waals surface area contributed by atoms with Gasteiger partial charge in [0.1, 0.15) is 6.23 Å². The van der Waals surface area contributed by atoms with Crippen molar-refractivity contribution in [2.24, 2.45) is 0 Å². The Morgan fingerprint density at radius 3 is 1.55 bits per heavy atom. The lowest BCUT2D eigenvalue weighted by Gasteiger charge is -2.30. The van der Waals surface area contributed by atoms with E-state index in [1.807, 2.05) is 67.8 Å². The van der Waals surface area contributed by atoms with Crippen LogP contribution in [0.1, 0.15) is 31.1 Å². The number of halogens is 3. The maximum absolute atomic E-state index is 12.8. The minimum Gasteiger partial charge on any atom is -0.395 e. The van der Waals surface area contributed by atoms with Crippen LogP contribution in [0.25, 0.3) is 0 Å². The highest BCUT2D eigenvalue weighted by Crippen LogP contribution is 2.42. The predicted octanol–water partition coefficient (Wildman–Crippen LogP) is 1.26. The van der Waals surface area contributed by atoms with Crippen molar-refractivity contribution in [3.63, 3.8) is 0 Å². The average Bonchev–Trinajstić information content (AvgIpc) is 2.59. The van der Waals surface area contributed by atoms with Crippen molar-refractivity contribution < 1.29 is 29.7 Å². The van der Waals surface area contributed by atoms with Crippen LogP contribution in [0.2, 0.25) is 0 Å². The van der Waals surface area contributed by atoms with E-state index in [1.54, 1.807) is 0 Å². The topological polar surface area (TPSA) is 130 Å². The summed E-state index contributed by atoms with van der Waals surface area (Å²) in [5.74, 6) is -1.27. The van der Waals surface area contributed by atoms with Crippen molar-refractivity contribution in [3.8, 4) is 0 Å². The van der Waals surface area contributed by atoms with Crippen molar-refractivity contribution in [1.82, 2.24) is 5.32 Å². The quantitative estimate of drug-likeness (QED) is 0.235. The fourth-order valence-electron chi connectivity index (χ4n) is 2.63. The van der Waals surface area contributed by atoms with Gasteiger partial charge in [0, 0.05) is 26.9 Å². The Labute approximate surface area is 209 Å². The van der Waals surface area contributed by atoms with Crippen LogP contribution in [0.15, 0.2) is 0 Å². The number of benzene rings is 1. The Balaban J connectivity index is 3.98. The summed E-state index contributed by atoms with van der Waals surface area (Å²) in [6.07, 6.45) is -1.11. The van der Waals surface area contributed by atoms with E-state index in [-0.39, 0.29) is 43.7 Å². The lowest BCUT2D eigenvalue weighted by atomic mass is 10.1. The molecule has 0 bridgehead atoms. The molecule has 12 heteroatoms. The SMILES string of the molecule is CC(=O)N(CCO)c1c(I)c(C(=O)NC(C)O)c(I)c(N(CCO)C(C)=O)c1I. The molecule has 0 aromatic heterocycles. The Kier molecular flexibility index (Phi) is 11.0. The standard InChI is InChI=1S/C17H22I3N3O6/c1-8(26)21-17(29)11-12(18)15(22(4-6-24)9(2)27)14(20)16(13(11)19)23(5-7-25)10(3)28/h8,24-26H,4-7H2,1-3H3,(H,21,29). The first-order valence-corrected chi connectivity index (χ1v) is 11.7. The number of aliphatic hydroxyl groups excluding tert-OH is 3. The number of aliphatic hydroxyl groups is 3. The average molecular weight is 745 g/mol. The van der Waals surface area contributed by atoms with Gasteiger partial charge in [-0.2, -0.15) is 0 Å². The second kappa shape index (κ2) is 11.9. The molecule has 1 atom stereocenters. The van der Waals surface area contributed by atoms with Crippen molar-refractivity contribution in [2.75, 3.05) is 36.1 Å². The number of rotatable bonds is 8. The monoisotopic (exact) mass is 745 g/mol. The maximum Gasteiger partial charge on any atom is 0.255 e. The number of anilines is 2. The summed E-state index contributed by atoms with van der Waals surface area (Å²) in [7, 11) is 0. The molecule has 0 fully saturated rings. The number of amides is 3. The molecule has 0 radical (unpaired) electrons. The Hall–Kier alpha value is -0.300. The van der Waals surface area contributed by atoms with E-state index >= 15 is 0 Å². The molecule has 0 aliphatic rings. The van der Waals surface area contributed by atoms with Crippen LogP contribution in [-0.4, -0.2) is 65.6 Å². The number of carbonyl (C=O) groups is 3. The van der Waals surface area contributed by atoms with Gasteiger partial charge in [-0.3, -0.25) is 14.4 Å². The van der Waals surface area contributed by atoms with Crippen molar-refractivity contribution in [3.05, 3.63) is 16.3 Å². The third-order valence-corrected chi connectivity index (χ3v) is 6.91. The van der Waals surface area contributed by atoms with Crippen molar-refractivity contribution in [1.29, 1.82) is 0 Å². The zero-order valence-electron chi connectivity index (χ0n) is 16.0. The van der Waals surface area contributed by atoms with Crippen LogP contribution in [-0.2, 0) is 9.59 Å². The highest BCUT2D eigenvalue weighted by Gasteiger charge is 2.31. The van der Waals surface area contributed by atoms with Gasteiger partial charge in [-0.15, -0.1) is 0 Å². The molecule has 1 aromatic rings. The molecule has 0 spiro atoms. The third-order valence-electron chi connectivity index (χ3n) is 3.78. The summed E-state index contributed by atoms with van der Waals surface area (Å²) in [4.78, 5) is 40.0. The summed E-state index contributed by atoms with van der Waals surface area (Å²) < 4.78 is 1.40. The molecular weight excluding hydrogens is 723 g/mol. The van der Waals surface area contributed by atoms with Crippen LogP contribution < -0.4 is 15.1 Å². The first-order chi connectivity index (χ1) is 13.5. The van der Waals surface area contributed by atoms with Gasteiger partial charge in [-0.25, -0.2) is 0 Å². The largest absolute Gasteiger partial charge is 0.395 e. The van der Waals surface area contributed by atoms with E-state index < -0.39 is 12.1 Å². The number of hydrogen-bond donors (Lipinski definition) is 4. The molecule has 1 rings (SSSR count). The smallest absolute Gasteiger partial charge is 0.255 e. The van der Waals surface area contributed by atoms with E-state index in [0.717, 1.165) is 0 Å².